The van der Waals surface area contributed by atoms with Crippen LogP contribution in [0, 0.1) is 0 Å². The van der Waals surface area contributed by atoms with Crippen molar-refractivity contribution >= 4 is 17.3 Å². The monoisotopic (exact) mass is 366 g/mol. The van der Waals surface area contributed by atoms with Gasteiger partial charge in [-0.1, -0.05) is 38.1 Å². The fraction of sp³-hybridized carbons (Fsp3) is 0.409. The molecule has 1 heterocycles. The summed E-state index contributed by atoms with van der Waals surface area (Å²) in [6.45, 7) is 7.87. The molecule has 3 rings (SSSR count). The lowest BCUT2D eigenvalue weighted by atomic mass is 10.0. The summed E-state index contributed by atoms with van der Waals surface area (Å²) < 4.78 is 0. The summed E-state index contributed by atoms with van der Waals surface area (Å²) >= 11 is 0. The molecule has 5 heteroatoms. The number of nitrogens with one attached hydrogen (secondary N) is 1. The Labute approximate surface area is 162 Å². The standard InChI is InChI=1S/C22H30N4O/c1-5-25(6-2)15-16-26-21(17-11-13-18(14-12-17)24(3)4)23-20-10-8-7-9-19(20)22(26)27/h7-14,21,23H,5-6,15-16H2,1-4H3/t21-/m0/s1. The Morgan fingerprint density at radius 2 is 1.67 bits per heavy atom. The molecule has 1 aliphatic rings. The second kappa shape index (κ2) is 8.44. The zero-order valence-corrected chi connectivity index (χ0v) is 16.8. The molecule has 1 atom stereocenters. The Morgan fingerprint density at radius 3 is 2.30 bits per heavy atom. The molecular formula is C22H30N4O. The number of anilines is 2. The zero-order chi connectivity index (χ0) is 19.4. The number of carbonyl (C=O) groups is 1. The smallest absolute Gasteiger partial charge is 0.257 e. The molecule has 2 aromatic carbocycles. The number of benzene rings is 2. The molecule has 1 N–H and O–H groups in total. The Hall–Kier alpha value is -2.53. The third kappa shape index (κ3) is 4.08. The minimum absolute atomic E-state index is 0.0955. The van der Waals surface area contributed by atoms with E-state index in [1.165, 1.54) is 0 Å². The molecular weight excluding hydrogens is 336 g/mol. The Morgan fingerprint density at radius 1 is 1.00 bits per heavy atom. The molecule has 0 fully saturated rings. The van der Waals surface area contributed by atoms with Crippen molar-refractivity contribution in [1.82, 2.24) is 9.80 Å². The van der Waals surface area contributed by atoms with Gasteiger partial charge in [0, 0.05) is 38.6 Å². The summed E-state index contributed by atoms with van der Waals surface area (Å²) in [7, 11) is 4.06. The van der Waals surface area contributed by atoms with Crippen LogP contribution in [-0.2, 0) is 0 Å². The largest absolute Gasteiger partial charge is 0.378 e. The number of likely N-dealkylation sites (N-methyl/N-ethyl adjacent to an activating group) is 1. The SMILES string of the molecule is CCN(CC)CCN1C(=O)c2ccccc2N[C@@H]1c1ccc(N(C)C)cc1. The van der Waals surface area contributed by atoms with Crippen LogP contribution < -0.4 is 10.2 Å². The molecule has 1 aliphatic heterocycles. The maximum Gasteiger partial charge on any atom is 0.257 e. The first kappa shape index (κ1) is 19.2. The molecule has 144 valence electrons. The van der Waals surface area contributed by atoms with Gasteiger partial charge < -0.3 is 20.0 Å². The normalized spacial score (nSPS) is 16.3. The fourth-order valence-corrected chi connectivity index (χ4v) is 3.53. The van der Waals surface area contributed by atoms with Crippen LogP contribution in [0.1, 0.15) is 35.9 Å². The summed E-state index contributed by atoms with van der Waals surface area (Å²) in [4.78, 5) is 19.6. The van der Waals surface area contributed by atoms with Crippen molar-refractivity contribution in [2.24, 2.45) is 0 Å². The van der Waals surface area contributed by atoms with Crippen LogP contribution in [0.4, 0.5) is 11.4 Å². The minimum Gasteiger partial charge on any atom is -0.378 e. The van der Waals surface area contributed by atoms with Crippen LogP contribution in [0.3, 0.4) is 0 Å². The van der Waals surface area contributed by atoms with Crippen molar-refractivity contribution in [2.45, 2.75) is 20.0 Å². The van der Waals surface area contributed by atoms with Crippen molar-refractivity contribution in [2.75, 3.05) is 50.5 Å². The summed E-state index contributed by atoms with van der Waals surface area (Å²) in [6.07, 6.45) is -0.154. The number of carbonyl (C=O) groups excluding carboxylic acids is 1. The number of para-hydroxylation sites is 1. The van der Waals surface area contributed by atoms with Crippen LogP contribution in [-0.4, -0.2) is 56.0 Å². The first-order chi connectivity index (χ1) is 13.0. The van der Waals surface area contributed by atoms with Crippen LogP contribution in [0.25, 0.3) is 0 Å². The molecule has 0 bridgehead atoms. The van der Waals surface area contributed by atoms with Crippen LogP contribution in [0.5, 0.6) is 0 Å². The van der Waals surface area contributed by atoms with E-state index in [0.29, 0.717) is 6.54 Å². The highest BCUT2D eigenvalue weighted by molar-refractivity contribution is 6.01. The molecule has 5 nitrogen and oxygen atoms in total. The molecule has 1 amide bonds. The van der Waals surface area contributed by atoms with Gasteiger partial charge in [-0.3, -0.25) is 4.79 Å². The molecule has 27 heavy (non-hydrogen) atoms. The number of fused-ring (bicyclic) bond motifs is 1. The fourth-order valence-electron chi connectivity index (χ4n) is 3.53. The van der Waals surface area contributed by atoms with Crippen LogP contribution in [0.2, 0.25) is 0 Å². The number of hydrogen-bond donors (Lipinski definition) is 1. The van der Waals surface area contributed by atoms with Crippen molar-refractivity contribution in [3.63, 3.8) is 0 Å². The van der Waals surface area contributed by atoms with Gasteiger partial charge in [-0.25, -0.2) is 0 Å². The van der Waals surface area contributed by atoms with E-state index in [1.54, 1.807) is 0 Å². The van der Waals surface area contributed by atoms with Crippen molar-refractivity contribution in [3.8, 4) is 0 Å². The minimum atomic E-state index is -0.154. The summed E-state index contributed by atoms with van der Waals surface area (Å²) in [5.41, 5.74) is 3.90. The van der Waals surface area contributed by atoms with Crippen LogP contribution in [0.15, 0.2) is 48.5 Å². The Kier molecular flexibility index (Phi) is 6.01. The second-order valence-corrected chi connectivity index (χ2v) is 7.10. The molecule has 0 unspecified atom stereocenters. The van der Waals surface area contributed by atoms with Crippen molar-refractivity contribution < 1.29 is 4.79 Å². The third-order valence-corrected chi connectivity index (χ3v) is 5.30. The highest BCUT2D eigenvalue weighted by atomic mass is 16.2. The Bertz CT molecular complexity index is 768. The third-order valence-electron chi connectivity index (χ3n) is 5.30. The van der Waals surface area contributed by atoms with E-state index < -0.39 is 0 Å². The van der Waals surface area contributed by atoms with Gasteiger partial charge >= 0.3 is 0 Å². The van der Waals surface area contributed by atoms with Crippen LogP contribution >= 0.6 is 0 Å². The van der Waals surface area contributed by atoms with E-state index in [4.69, 9.17) is 0 Å². The first-order valence-electron chi connectivity index (χ1n) is 9.71. The summed E-state index contributed by atoms with van der Waals surface area (Å²) in [6, 6.07) is 16.2. The molecule has 0 saturated heterocycles. The lowest BCUT2D eigenvalue weighted by Gasteiger charge is -2.39. The van der Waals surface area contributed by atoms with Crippen molar-refractivity contribution in [3.05, 3.63) is 59.7 Å². The number of nitrogens with zero attached hydrogens (tertiary/aromatic N) is 3. The van der Waals surface area contributed by atoms with Gasteiger partial charge in [0.15, 0.2) is 0 Å². The first-order valence-corrected chi connectivity index (χ1v) is 9.71. The molecule has 0 aliphatic carbocycles. The van der Waals surface area contributed by atoms with Gasteiger partial charge in [-0.15, -0.1) is 0 Å². The van der Waals surface area contributed by atoms with Gasteiger partial charge in [0.05, 0.1) is 5.56 Å². The maximum absolute atomic E-state index is 13.2. The van der Waals surface area contributed by atoms with E-state index in [2.05, 4.69) is 53.2 Å². The topological polar surface area (TPSA) is 38.8 Å². The number of amides is 1. The second-order valence-electron chi connectivity index (χ2n) is 7.10. The van der Waals surface area contributed by atoms with Crippen molar-refractivity contribution in [1.29, 1.82) is 0 Å². The maximum atomic E-state index is 13.2. The zero-order valence-electron chi connectivity index (χ0n) is 16.8. The lowest BCUT2D eigenvalue weighted by Crippen LogP contribution is -2.46. The highest BCUT2D eigenvalue weighted by Crippen LogP contribution is 2.33. The average molecular weight is 367 g/mol. The van der Waals surface area contributed by atoms with Gasteiger partial charge in [-0.05, 0) is 42.9 Å². The summed E-state index contributed by atoms with van der Waals surface area (Å²) in [5, 5.41) is 3.58. The molecule has 0 spiro atoms. The predicted octanol–water partition coefficient (Wildman–Crippen LogP) is 3.66. The van der Waals surface area contributed by atoms with E-state index in [9.17, 15) is 4.79 Å². The Balaban J connectivity index is 1.91. The lowest BCUT2D eigenvalue weighted by molar-refractivity contribution is 0.0660. The predicted molar refractivity (Wildman–Crippen MR) is 112 cm³/mol. The van der Waals surface area contributed by atoms with E-state index in [0.717, 1.165) is 42.1 Å². The molecule has 0 aromatic heterocycles. The number of hydrogen-bond acceptors (Lipinski definition) is 4. The quantitative estimate of drug-likeness (QED) is 0.812. The van der Waals surface area contributed by atoms with E-state index >= 15 is 0 Å². The van der Waals surface area contributed by atoms with E-state index in [-0.39, 0.29) is 12.1 Å². The number of rotatable bonds is 7. The van der Waals surface area contributed by atoms with Gasteiger partial charge in [0.1, 0.15) is 6.17 Å². The van der Waals surface area contributed by atoms with E-state index in [1.807, 2.05) is 43.3 Å². The summed E-state index contributed by atoms with van der Waals surface area (Å²) in [5.74, 6) is 0.0955. The highest BCUT2D eigenvalue weighted by Gasteiger charge is 2.32. The molecule has 0 radical (unpaired) electrons. The molecule has 0 saturated carbocycles. The van der Waals surface area contributed by atoms with Gasteiger partial charge in [0.2, 0.25) is 0 Å². The molecule has 2 aromatic rings. The van der Waals surface area contributed by atoms with Gasteiger partial charge in [0.25, 0.3) is 5.91 Å². The van der Waals surface area contributed by atoms with Gasteiger partial charge in [-0.2, -0.15) is 0 Å². The average Bonchev–Trinajstić information content (AvgIpc) is 2.70.